The fourth-order valence-corrected chi connectivity index (χ4v) is 3.82. The van der Waals surface area contributed by atoms with E-state index >= 15 is 0 Å². The highest BCUT2D eigenvalue weighted by Crippen LogP contribution is 2.41. The summed E-state index contributed by atoms with van der Waals surface area (Å²) in [5, 5.41) is 1.71. The molecular formula is C24H18Cl3F6NO2. The van der Waals surface area contributed by atoms with Gasteiger partial charge in [-0.05, 0) is 48.4 Å². The molecule has 2 aromatic carbocycles. The lowest BCUT2D eigenvalue weighted by Gasteiger charge is -2.19. The van der Waals surface area contributed by atoms with Gasteiger partial charge < -0.3 is 5.32 Å². The van der Waals surface area contributed by atoms with Gasteiger partial charge in [0.15, 0.2) is 5.78 Å². The number of carbonyl (C=O) groups excluding carboxylic acids is 2. The number of hydrogen-bond donors (Lipinski definition) is 1. The molecule has 194 valence electrons. The number of halogens is 9. The Balaban J connectivity index is 2.43. The topological polar surface area (TPSA) is 46.2 Å². The van der Waals surface area contributed by atoms with Crippen LogP contribution in [0.3, 0.4) is 0 Å². The Morgan fingerprint density at radius 3 is 2.11 bits per heavy atom. The third kappa shape index (κ3) is 7.75. The van der Waals surface area contributed by atoms with Gasteiger partial charge in [-0.2, -0.15) is 26.3 Å². The predicted octanol–water partition coefficient (Wildman–Crippen LogP) is 8.29. The van der Waals surface area contributed by atoms with E-state index in [0.29, 0.717) is 12.1 Å². The first-order valence-electron chi connectivity index (χ1n) is 10.1. The molecule has 0 saturated heterocycles. The fraction of sp³-hybridized carbons (Fsp3) is 0.250. The van der Waals surface area contributed by atoms with E-state index in [2.05, 4.69) is 11.9 Å². The summed E-state index contributed by atoms with van der Waals surface area (Å²) in [6.45, 7) is 4.70. The molecule has 0 bridgehead atoms. The van der Waals surface area contributed by atoms with Gasteiger partial charge in [0.05, 0.1) is 32.1 Å². The number of hydrogen-bond acceptors (Lipinski definition) is 2. The first-order chi connectivity index (χ1) is 16.5. The van der Waals surface area contributed by atoms with Crippen LogP contribution in [0.2, 0.25) is 15.1 Å². The molecule has 0 saturated carbocycles. The van der Waals surface area contributed by atoms with E-state index in [4.69, 9.17) is 34.8 Å². The highest BCUT2D eigenvalue weighted by Gasteiger charge is 2.40. The number of allylic oxidation sites excluding steroid dienone is 2. The number of ketones is 1. The summed E-state index contributed by atoms with van der Waals surface area (Å²) in [5.41, 5.74) is -2.71. The van der Waals surface area contributed by atoms with Crippen LogP contribution >= 0.6 is 34.8 Å². The molecule has 2 aromatic rings. The van der Waals surface area contributed by atoms with Crippen LogP contribution in [-0.4, -0.2) is 23.9 Å². The lowest BCUT2D eigenvalue weighted by molar-refractivity contribution is -0.139. The zero-order valence-electron chi connectivity index (χ0n) is 18.4. The molecule has 2 rings (SSSR count). The minimum atomic E-state index is -4.99. The van der Waals surface area contributed by atoms with Crippen LogP contribution in [0.25, 0.3) is 6.08 Å². The predicted molar refractivity (Wildman–Crippen MR) is 127 cm³/mol. The van der Waals surface area contributed by atoms with Crippen LogP contribution in [0, 0.1) is 0 Å². The Bertz CT molecular complexity index is 1170. The molecule has 3 nitrogen and oxygen atoms in total. The van der Waals surface area contributed by atoms with E-state index in [0.717, 1.165) is 36.4 Å². The van der Waals surface area contributed by atoms with Crippen molar-refractivity contribution in [1.29, 1.82) is 0 Å². The zero-order chi connectivity index (χ0) is 27.4. The normalized spacial score (nSPS) is 13.9. The second kappa shape index (κ2) is 11.7. The minimum absolute atomic E-state index is 0.140. The lowest BCUT2D eigenvalue weighted by Crippen LogP contribution is -2.35. The van der Waals surface area contributed by atoms with Gasteiger partial charge in [0, 0.05) is 12.5 Å². The van der Waals surface area contributed by atoms with Gasteiger partial charge >= 0.3 is 12.4 Å². The van der Waals surface area contributed by atoms with Gasteiger partial charge in [-0.25, -0.2) is 0 Å². The summed E-state index contributed by atoms with van der Waals surface area (Å²) < 4.78 is 82.2. The van der Waals surface area contributed by atoms with Crippen LogP contribution in [0.5, 0.6) is 0 Å². The van der Waals surface area contributed by atoms with Crippen LogP contribution in [-0.2, 0) is 11.0 Å². The maximum Gasteiger partial charge on any atom is 0.417 e. The Morgan fingerprint density at radius 1 is 1.03 bits per heavy atom. The van der Waals surface area contributed by atoms with Crippen LogP contribution in [0.1, 0.15) is 46.3 Å². The van der Waals surface area contributed by atoms with Gasteiger partial charge in [-0.1, -0.05) is 59.6 Å². The third-order valence-electron chi connectivity index (χ3n) is 4.91. The molecule has 1 N–H and O–H groups in total. The van der Waals surface area contributed by atoms with Crippen molar-refractivity contribution in [2.45, 2.75) is 37.7 Å². The minimum Gasteiger partial charge on any atom is -0.349 e. The fourth-order valence-electron chi connectivity index (χ4n) is 3.21. The number of rotatable bonds is 8. The maximum atomic E-state index is 13.7. The molecule has 0 fully saturated rings. The quantitative estimate of drug-likeness (QED) is 0.197. The molecule has 1 unspecified atom stereocenters. The third-order valence-corrected chi connectivity index (χ3v) is 6.10. The van der Waals surface area contributed by atoms with Gasteiger partial charge in [0.1, 0.15) is 0 Å². The Labute approximate surface area is 217 Å². The van der Waals surface area contributed by atoms with Crippen LogP contribution < -0.4 is 5.32 Å². The largest absolute Gasteiger partial charge is 0.417 e. The van der Waals surface area contributed by atoms with Crippen LogP contribution in [0.15, 0.2) is 49.1 Å². The first-order valence-corrected chi connectivity index (χ1v) is 11.2. The molecule has 0 aromatic heterocycles. The first kappa shape index (κ1) is 29.7. The van der Waals surface area contributed by atoms with Crippen molar-refractivity contribution in [1.82, 2.24) is 5.32 Å². The number of benzene rings is 2. The van der Waals surface area contributed by atoms with Gasteiger partial charge in [-0.3, -0.25) is 9.59 Å². The van der Waals surface area contributed by atoms with Crippen molar-refractivity contribution in [3.63, 3.8) is 0 Å². The molecule has 12 heteroatoms. The molecule has 1 amide bonds. The zero-order valence-corrected chi connectivity index (χ0v) is 20.7. The molecule has 0 aliphatic rings. The number of alkyl halides is 6. The van der Waals surface area contributed by atoms with Crippen molar-refractivity contribution >= 4 is 52.6 Å². The highest BCUT2D eigenvalue weighted by molar-refractivity contribution is 6.48. The summed E-state index contributed by atoms with van der Waals surface area (Å²) in [5.74, 6) is -3.77. The van der Waals surface area contributed by atoms with Crippen molar-refractivity contribution in [2.75, 3.05) is 0 Å². The molecule has 0 spiro atoms. The van der Waals surface area contributed by atoms with Crippen LogP contribution in [0.4, 0.5) is 26.3 Å². The summed E-state index contributed by atoms with van der Waals surface area (Å²) in [4.78, 5) is 23.8. The number of amides is 1. The average molecular weight is 573 g/mol. The Hall–Kier alpha value is -2.49. The van der Waals surface area contributed by atoms with Crippen molar-refractivity contribution in [3.8, 4) is 0 Å². The second-order valence-corrected chi connectivity index (χ2v) is 8.92. The number of nitrogens with one attached hydrogen (secondary N) is 1. The monoisotopic (exact) mass is 571 g/mol. The Kier molecular flexibility index (Phi) is 9.67. The lowest BCUT2D eigenvalue weighted by atomic mass is 9.96. The van der Waals surface area contributed by atoms with E-state index in [1.807, 2.05) is 0 Å². The Morgan fingerprint density at radius 2 is 1.61 bits per heavy atom. The molecule has 0 aliphatic heterocycles. The second-order valence-electron chi connectivity index (χ2n) is 7.73. The average Bonchev–Trinajstić information content (AvgIpc) is 2.75. The van der Waals surface area contributed by atoms with E-state index in [-0.39, 0.29) is 32.6 Å². The highest BCUT2D eigenvalue weighted by atomic mass is 35.5. The van der Waals surface area contributed by atoms with Gasteiger partial charge in [-0.15, -0.1) is 0 Å². The van der Waals surface area contributed by atoms with E-state index in [1.165, 1.54) is 6.92 Å². The standard InChI is InChI=1S/C24H18Cl3F6NO2/c1-3-15(35)8-12(2)34-22(36)16-6-4-13(9-18(16)24(31,32)33)5-7-17(23(28,29)30)14-10-19(25)21(27)20(26)11-14/h3-7,9-12,17H,1,8H2,2H3,(H,34,36)/b7-5+/t12-,17?/m1/s1. The smallest absolute Gasteiger partial charge is 0.349 e. The molecular weight excluding hydrogens is 555 g/mol. The van der Waals surface area contributed by atoms with Crippen molar-refractivity contribution in [2.24, 2.45) is 0 Å². The van der Waals surface area contributed by atoms with Crippen molar-refractivity contribution in [3.05, 3.63) is 86.4 Å². The SMILES string of the molecule is C=CC(=O)C[C@@H](C)NC(=O)c1ccc(/C=C/C(c2cc(Cl)c(Cl)c(Cl)c2)C(F)(F)F)cc1C(F)(F)F. The molecule has 2 atom stereocenters. The maximum absolute atomic E-state index is 13.7. The molecule has 0 heterocycles. The molecule has 0 radical (unpaired) electrons. The van der Waals surface area contributed by atoms with E-state index in [9.17, 15) is 35.9 Å². The van der Waals surface area contributed by atoms with Crippen molar-refractivity contribution < 1.29 is 35.9 Å². The molecule has 0 aliphatic carbocycles. The number of carbonyl (C=O) groups is 2. The summed E-state index contributed by atoms with van der Waals surface area (Å²) in [6, 6.07) is 3.61. The molecule has 36 heavy (non-hydrogen) atoms. The summed E-state index contributed by atoms with van der Waals surface area (Å²) in [7, 11) is 0. The summed E-state index contributed by atoms with van der Waals surface area (Å²) >= 11 is 17.4. The van der Waals surface area contributed by atoms with E-state index < -0.39 is 47.1 Å². The van der Waals surface area contributed by atoms with E-state index in [1.54, 1.807) is 0 Å². The summed E-state index contributed by atoms with van der Waals surface area (Å²) in [6.07, 6.45) is -7.48. The van der Waals surface area contributed by atoms with Gasteiger partial charge in [0.25, 0.3) is 5.91 Å². The van der Waals surface area contributed by atoms with Gasteiger partial charge in [0.2, 0.25) is 0 Å².